The van der Waals surface area contributed by atoms with Crippen LogP contribution < -0.4 is 0 Å². The molecule has 0 aliphatic carbocycles. The Morgan fingerprint density at radius 1 is 1.22 bits per heavy atom. The molecule has 0 radical (unpaired) electrons. The number of likely N-dealkylation sites (tertiary alicyclic amines) is 1. The van der Waals surface area contributed by atoms with Gasteiger partial charge < -0.3 is 4.90 Å². The Morgan fingerprint density at radius 2 is 2.04 bits per heavy atom. The lowest BCUT2D eigenvalue weighted by molar-refractivity contribution is 0.0711. The minimum absolute atomic E-state index is 0.0432. The van der Waals surface area contributed by atoms with Crippen molar-refractivity contribution in [3.8, 4) is 10.6 Å². The second-order valence-electron chi connectivity index (χ2n) is 6.66. The van der Waals surface area contributed by atoms with Gasteiger partial charge in [-0.1, -0.05) is 23.5 Å². The molecule has 0 spiro atoms. The van der Waals surface area contributed by atoms with Crippen LogP contribution in [-0.4, -0.2) is 39.1 Å². The fraction of sp³-hybridized carbons (Fsp3) is 0.368. The van der Waals surface area contributed by atoms with E-state index in [0.717, 1.165) is 40.0 Å². The van der Waals surface area contributed by atoms with E-state index in [1.807, 2.05) is 18.7 Å². The van der Waals surface area contributed by atoms with Crippen molar-refractivity contribution in [3.05, 3.63) is 50.7 Å². The second-order valence-corrected chi connectivity index (χ2v) is 8.88. The van der Waals surface area contributed by atoms with Gasteiger partial charge in [0.05, 0.1) is 10.7 Å². The summed E-state index contributed by atoms with van der Waals surface area (Å²) in [6, 6.07) is 6.59. The molecule has 1 aromatic carbocycles. The zero-order chi connectivity index (χ0) is 19.0. The van der Waals surface area contributed by atoms with E-state index in [9.17, 15) is 9.18 Å². The number of halogens is 1. The summed E-state index contributed by atoms with van der Waals surface area (Å²) in [6.07, 6.45) is 1.87. The number of nitrogens with zero attached hydrogens (tertiary/aromatic N) is 4. The van der Waals surface area contributed by atoms with Gasteiger partial charge in [0.1, 0.15) is 15.7 Å². The molecule has 0 saturated carbocycles. The number of carbonyl (C=O) groups excluding carboxylic acids is 1. The van der Waals surface area contributed by atoms with Crippen molar-refractivity contribution in [2.24, 2.45) is 0 Å². The zero-order valence-electron chi connectivity index (χ0n) is 15.1. The Balaban J connectivity index is 1.53. The SMILES string of the molecule is Cc1nc(C)c(C(=O)N2CCCC(c3nnc(-c4ccccc4F)s3)C2)s1. The molecule has 8 heteroatoms. The molecule has 27 heavy (non-hydrogen) atoms. The fourth-order valence-corrected chi connectivity index (χ4v) is 5.26. The summed E-state index contributed by atoms with van der Waals surface area (Å²) >= 11 is 2.86. The van der Waals surface area contributed by atoms with E-state index in [1.165, 1.54) is 28.7 Å². The highest BCUT2D eigenvalue weighted by atomic mass is 32.1. The first-order valence-electron chi connectivity index (χ1n) is 8.84. The minimum atomic E-state index is -0.295. The van der Waals surface area contributed by atoms with Crippen molar-refractivity contribution in [1.29, 1.82) is 0 Å². The molecule has 1 fully saturated rings. The van der Waals surface area contributed by atoms with Crippen molar-refractivity contribution in [2.45, 2.75) is 32.6 Å². The lowest BCUT2D eigenvalue weighted by Gasteiger charge is -2.31. The standard InChI is InChI=1S/C19H19FN4OS2/c1-11-16(26-12(2)21-11)19(25)24-9-5-6-13(10-24)17-22-23-18(27-17)14-7-3-4-8-15(14)20/h3-4,7-8,13H,5-6,9-10H2,1-2H3. The van der Waals surface area contributed by atoms with Crippen LogP contribution in [0.2, 0.25) is 0 Å². The Labute approximate surface area is 164 Å². The molecular weight excluding hydrogens is 383 g/mol. The second kappa shape index (κ2) is 7.44. The van der Waals surface area contributed by atoms with Crippen molar-refractivity contribution < 1.29 is 9.18 Å². The number of benzene rings is 1. The van der Waals surface area contributed by atoms with Gasteiger partial charge in [-0.05, 0) is 38.8 Å². The predicted octanol–water partition coefficient (Wildman–Crippen LogP) is 4.44. The molecule has 140 valence electrons. The van der Waals surface area contributed by atoms with Gasteiger partial charge in [0.2, 0.25) is 0 Å². The lowest BCUT2D eigenvalue weighted by atomic mass is 9.98. The molecule has 0 bridgehead atoms. The quantitative estimate of drug-likeness (QED) is 0.650. The summed E-state index contributed by atoms with van der Waals surface area (Å²) < 4.78 is 14.0. The number of hydrogen-bond acceptors (Lipinski definition) is 6. The summed E-state index contributed by atoms with van der Waals surface area (Å²) in [6.45, 7) is 5.15. The van der Waals surface area contributed by atoms with E-state index < -0.39 is 0 Å². The maximum atomic E-state index is 14.0. The number of thiazole rings is 1. The van der Waals surface area contributed by atoms with Gasteiger partial charge in [-0.3, -0.25) is 4.79 Å². The largest absolute Gasteiger partial charge is 0.337 e. The van der Waals surface area contributed by atoms with Crippen molar-refractivity contribution >= 4 is 28.6 Å². The summed E-state index contributed by atoms with van der Waals surface area (Å²) in [5, 5.41) is 10.8. The van der Waals surface area contributed by atoms with Gasteiger partial charge in [0, 0.05) is 24.6 Å². The Hall–Kier alpha value is -2.19. The summed E-state index contributed by atoms with van der Waals surface area (Å²) in [5.41, 5.74) is 1.27. The van der Waals surface area contributed by atoms with Gasteiger partial charge in [-0.2, -0.15) is 0 Å². The average molecular weight is 403 g/mol. The van der Waals surface area contributed by atoms with Crippen LogP contribution in [0.3, 0.4) is 0 Å². The van der Waals surface area contributed by atoms with Crippen LogP contribution in [0.15, 0.2) is 24.3 Å². The highest BCUT2D eigenvalue weighted by Gasteiger charge is 2.29. The number of hydrogen-bond donors (Lipinski definition) is 0. The first-order chi connectivity index (χ1) is 13.0. The van der Waals surface area contributed by atoms with E-state index in [1.54, 1.807) is 18.2 Å². The highest BCUT2D eigenvalue weighted by Crippen LogP contribution is 2.34. The molecule has 1 aliphatic rings. The van der Waals surface area contributed by atoms with Gasteiger partial charge in [0.15, 0.2) is 5.01 Å². The third kappa shape index (κ3) is 3.64. The van der Waals surface area contributed by atoms with Crippen LogP contribution >= 0.6 is 22.7 Å². The molecular formula is C19H19FN4OS2. The number of amides is 1. The smallest absolute Gasteiger partial charge is 0.265 e. The Morgan fingerprint density at radius 3 is 2.78 bits per heavy atom. The normalized spacial score (nSPS) is 17.3. The molecule has 1 saturated heterocycles. The maximum Gasteiger partial charge on any atom is 0.265 e. The molecule has 1 amide bonds. The van der Waals surface area contributed by atoms with Crippen LogP contribution in [0.1, 0.15) is 44.1 Å². The van der Waals surface area contributed by atoms with E-state index in [-0.39, 0.29) is 17.6 Å². The van der Waals surface area contributed by atoms with Gasteiger partial charge in [-0.15, -0.1) is 21.5 Å². The number of carbonyl (C=O) groups is 1. The van der Waals surface area contributed by atoms with Crippen molar-refractivity contribution in [2.75, 3.05) is 13.1 Å². The fourth-order valence-electron chi connectivity index (χ4n) is 3.38. The molecule has 2 aromatic heterocycles. The van der Waals surface area contributed by atoms with Crippen LogP contribution in [0.4, 0.5) is 4.39 Å². The van der Waals surface area contributed by atoms with Crippen molar-refractivity contribution in [3.63, 3.8) is 0 Å². The zero-order valence-corrected chi connectivity index (χ0v) is 16.7. The molecule has 5 nitrogen and oxygen atoms in total. The van der Waals surface area contributed by atoms with E-state index in [2.05, 4.69) is 15.2 Å². The third-order valence-corrected chi connectivity index (χ3v) is 6.88. The van der Waals surface area contributed by atoms with E-state index in [4.69, 9.17) is 0 Å². The molecule has 1 atom stereocenters. The molecule has 1 unspecified atom stereocenters. The number of aromatic nitrogens is 3. The van der Waals surface area contributed by atoms with Crippen LogP contribution in [0.5, 0.6) is 0 Å². The van der Waals surface area contributed by atoms with Crippen LogP contribution in [0.25, 0.3) is 10.6 Å². The van der Waals surface area contributed by atoms with Gasteiger partial charge in [0.25, 0.3) is 5.91 Å². The first-order valence-corrected chi connectivity index (χ1v) is 10.5. The van der Waals surface area contributed by atoms with Crippen molar-refractivity contribution in [1.82, 2.24) is 20.1 Å². The first kappa shape index (κ1) is 18.2. The van der Waals surface area contributed by atoms with E-state index >= 15 is 0 Å². The molecule has 1 aliphatic heterocycles. The van der Waals surface area contributed by atoms with Crippen LogP contribution in [-0.2, 0) is 0 Å². The average Bonchev–Trinajstić information content (AvgIpc) is 3.28. The Kier molecular flexibility index (Phi) is 5.01. The monoisotopic (exact) mass is 402 g/mol. The number of piperidine rings is 1. The topological polar surface area (TPSA) is 59.0 Å². The molecule has 0 N–H and O–H groups in total. The molecule has 3 heterocycles. The van der Waals surface area contributed by atoms with Crippen LogP contribution in [0, 0.1) is 19.7 Å². The number of rotatable bonds is 3. The Bertz CT molecular complexity index is 984. The summed E-state index contributed by atoms with van der Waals surface area (Å²) in [7, 11) is 0. The van der Waals surface area contributed by atoms with Gasteiger partial charge >= 0.3 is 0 Å². The summed E-state index contributed by atoms with van der Waals surface area (Å²) in [4.78, 5) is 19.9. The lowest BCUT2D eigenvalue weighted by Crippen LogP contribution is -2.39. The molecule has 4 rings (SSSR count). The highest BCUT2D eigenvalue weighted by molar-refractivity contribution is 7.14. The predicted molar refractivity (Wildman–Crippen MR) is 105 cm³/mol. The van der Waals surface area contributed by atoms with Gasteiger partial charge in [-0.25, -0.2) is 9.37 Å². The van der Waals surface area contributed by atoms with E-state index in [0.29, 0.717) is 17.1 Å². The minimum Gasteiger partial charge on any atom is -0.337 e. The third-order valence-electron chi connectivity index (χ3n) is 4.70. The maximum absolute atomic E-state index is 14.0. The number of aryl methyl sites for hydroxylation is 2. The molecule has 3 aromatic rings. The summed E-state index contributed by atoms with van der Waals surface area (Å²) in [5.74, 6) is -0.117.